The average Bonchev–Trinajstić information content (AvgIpc) is 2.46. The highest BCUT2D eigenvalue weighted by Crippen LogP contribution is 2.34. The second-order valence-electron chi connectivity index (χ2n) is 2.72. The third kappa shape index (κ3) is 1.47. The molecule has 2 nitrogen and oxygen atoms in total. The summed E-state index contributed by atoms with van der Waals surface area (Å²) in [5.41, 5.74) is -0.268. The molecule has 0 radical (unpaired) electrons. The number of hydrogen-bond donors (Lipinski definition) is 1. The molecule has 2 aromatic heterocycles. The summed E-state index contributed by atoms with van der Waals surface area (Å²) in [4.78, 5) is 6.45. The van der Waals surface area contributed by atoms with Gasteiger partial charge in [-0.05, 0) is 28.7 Å². The Morgan fingerprint density at radius 1 is 1.36 bits per heavy atom. The maximum atomic E-state index is 12.5. The van der Waals surface area contributed by atoms with Crippen LogP contribution in [0.15, 0.2) is 18.5 Å². The largest absolute Gasteiger partial charge is 0.418 e. The molecule has 74 valence electrons. The number of halogens is 4. The summed E-state index contributed by atoms with van der Waals surface area (Å²) in [7, 11) is 0. The van der Waals surface area contributed by atoms with Crippen LogP contribution in [-0.4, -0.2) is 9.97 Å². The van der Waals surface area contributed by atoms with Gasteiger partial charge in [-0.1, -0.05) is 0 Å². The zero-order valence-corrected chi connectivity index (χ0v) is 8.85. The van der Waals surface area contributed by atoms with E-state index >= 15 is 0 Å². The molecular weight excluding hydrogens is 308 g/mol. The predicted octanol–water partition coefficient (Wildman–Crippen LogP) is 3.19. The minimum absolute atomic E-state index is 0.0457. The lowest BCUT2D eigenvalue weighted by molar-refractivity contribution is -0.136. The van der Waals surface area contributed by atoms with E-state index in [0.717, 1.165) is 6.07 Å². The van der Waals surface area contributed by atoms with Gasteiger partial charge in [0.05, 0.1) is 14.7 Å². The van der Waals surface area contributed by atoms with Crippen molar-refractivity contribution in [3.63, 3.8) is 0 Å². The Hall–Kier alpha value is -0.790. The zero-order valence-electron chi connectivity index (χ0n) is 6.69. The SMILES string of the molecule is FC(F)(F)c1ccnc2c(I)c[nH]c12. The second kappa shape index (κ2) is 3.11. The summed E-state index contributed by atoms with van der Waals surface area (Å²) in [5, 5.41) is 0. The first kappa shape index (κ1) is 9.75. The normalized spacial score (nSPS) is 12.3. The van der Waals surface area contributed by atoms with Gasteiger partial charge in [-0.2, -0.15) is 13.2 Å². The first-order chi connectivity index (χ1) is 6.50. The number of nitrogens with zero attached hydrogens (tertiary/aromatic N) is 1. The van der Waals surface area contributed by atoms with E-state index in [1.807, 2.05) is 22.6 Å². The van der Waals surface area contributed by atoms with Gasteiger partial charge in [-0.25, -0.2) is 0 Å². The summed E-state index contributed by atoms with van der Waals surface area (Å²) < 4.78 is 38.1. The summed E-state index contributed by atoms with van der Waals surface area (Å²) in [6.45, 7) is 0. The van der Waals surface area contributed by atoms with E-state index in [-0.39, 0.29) is 5.52 Å². The van der Waals surface area contributed by atoms with Gasteiger partial charge in [0.2, 0.25) is 0 Å². The first-order valence-electron chi connectivity index (χ1n) is 3.69. The topological polar surface area (TPSA) is 28.7 Å². The van der Waals surface area contributed by atoms with E-state index in [4.69, 9.17) is 0 Å². The Kier molecular flexibility index (Phi) is 2.17. The van der Waals surface area contributed by atoms with Crippen molar-refractivity contribution < 1.29 is 13.2 Å². The van der Waals surface area contributed by atoms with Crippen LogP contribution in [0.5, 0.6) is 0 Å². The lowest BCUT2D eigenvalue weighted by Crippen LogP contribution is -2.05. The van der Waals surface area contributed by atoms with Crippen LogP contribution in [0.2, 0.25) is 0 Å². The lowest BCUT2D eigenvalue weighted by Gasteiger charge is -2.06. The van der Waals surface area contributed by atoms with Gasteiger partial charge < -0.3 is 4.98 Å². The Bertz CT molecular complexity index is 475. The molecule has 1 N–H and O–H groups in total. The number of nitrogens with one attached hydrogen (secondary N) is 1. The zero-order chi connectivity index (χ0) is 10.3. The van der Waals surface area contributed by atoms with Crippen molar-refractivity contribution in [2.45, 2.75) is 6.18 Å². The number of H-pyrrole nitrogens is 1. The molecule has 0 bridgehead atoms. The van der Waals surface area contributed by atoms with Crippen molar-refractivity contribution >= 4 is 33.6 Å². The van der Waals surface area contributed by atoms with Gasteiger partial charge in [0, 0.05) is 12.4 Å². The fourth-order valence-corrected chi connectivity index (χ4v) is 1.79. The summed E-state index contributed by atoms with van der Waals surface area (Å²) in [6, 6.07) is 0.967. The van der Waals surface area contributed by atoms with Gasteiger partial charge in [0.1, 0.15) is 5.52 Å². The van der Waals surface area contributed by atoms with E-state index < -0.39 is 11.7 Å². The van der Waals surface area contributed by atoms with Crippen LogP contribution in [0.1, 0.15) is 5.56 Å². The van der Waals surface area contributed by atoms with Crippen LogP contribution in [0.25, 0.3) is 11.0 Å². The van der Waals surface area contributed by atoms with E-state index in [1.165, 1.54) is 12.4 Å². The first-order valence-corrected chi connectivity index (χ1v) is 4.77. The van der Waals surface area contributed by atoms with Crippen molar-refractivity contribution in [1.29, 1.82) is 0 Å². The van der Waals surface area contributed by atoms with Crippen LogP contribution in [-0.2, 0) is 6.18 Å². The molecule has 2 heterocycles. The molecule has 0 unspecified atom stereocenters. The fraction of sp³-hybridized carbons (Fsp3) is 0.125. The maximum absolute atomic E-state index is 12.5. The highest BCUT2D eigenvalue weighted by molar-refractivity contribution is 14.1. The van der Waals surface area contributed by atoms with Crippen molar-refractivity contribution in [1.82, 2.24) is 9.97 Å². The molecule has 0 fully saturated rings. The van der Waals surface area contributed by atoms with Crippen LogP contribution < -0.4 is 0 Å². The predicted molar refractivity (Wildman–Crippen MR) is 53.8 cm³/mol. The molecule has 2 aromatic rings. The Morgan fingerprint density at radius 2 is 2.07 bits per heavy atom. The highest BCUT2D eigenvalue weighted by atomic mass is 127. The van der Waals surface area contributed by atoms with Crippen molar-refractivity contribution in [2.75, 3.05) is 0 Å². The van der Waals surface area contributed by atoms with E-state index in [1.54, 1.807) is 0 Å². The average molecular weight is 312 g/mol. The Balaban J connectivity index is 2.79. The fourth-order valence-electron chi connectivity index (χ4n) is 1.23. The smallest absolute Gasteiger partial charge is 0.358 e. The number of alkyl halides is 3. The molecule has 0 aliphatic rings. The summed E-state index contributed by atoms with van der Waals surface area (Å²) >= 11 is 1.94. The maximum Gasteiger partial charge on any atom is 0.418 e. The van der Waals surface area contributed by atoms with Crippen LogP contribution in [0, 0.1) is 3.57 Å². The van der Waals surface area contributed by atoms with Gasteiger partial charge >= 0.3 is 6.18 Å². The third-order valence-corrected chi connectivity index (χ3v) is 2.65. The number of rotatable bonds is 0. The molecule has 0 amide bonds. The monoisotopic (exact) mass is 312 g/mol. The number of fused-ring (bicyclic) bond motifs is 1. The highest BCUT2D eigenvalue weighted by Gasteiger charge is 2.33. The van der Waals surface area contributed by atoms with Gasteiger partial charge in [0.15, 0.2) is 0 Å². The van der Waals surface area contributed by atoms with Crippen LogP contribution >= 0.6 is 22.6 Å². The molecule has 2 rings (SSSR count). The Labute approximate surface area is 90.7 Å². The van der Waals surface area contributed by atoms with E-state index in [0.29, 0.717) is 9.09 Å². The van der Waals surface area contributed by atoms with Crippen molar-refractivity contribution in [3.8, 4) is 0 Å². The standard InChI is InChI=1S/C8H4F3IN2/c9-8(10,11)4-1-2-13-7-5(12)3-14-6(4)7/h1-3,14H. The minimum atomic E-state index is -4.34. The molecule has 0 aliphatic heterocycles. The summed E-state index contributed by atoms with van der Waals surface area (Å²) in [6.07, 6.45) is -1.66. The van der Waals surface area contributed by atoms with Gasteiger partial charge in [0.25, 0.3) is 0 Å². The quantitative estimate of drug-likeness (QED) is 0.744. The van der Waals surface area contributed by atoms with Gasteiger partial charge in [-0.15, -0.1) is 0 Å². The minimum Gasteiger partial charge on any atom is -0.358 e. The molecule has 0 spiro atoms. The number of pyridine rings is 1. The third-order valence-electron chi connectivity index (χ3n) is 1.83. The van der Waals surface area contributed by atoms with E-state index in [2.05, 4.69) is 9.97 Å². The molecule has 14 heavy (non-hydrogen) atoms. The Morgan fingerprint density at radius 3 is 2.71 bits per heavy atom. The molecule has 0 saturated carbocycles. The molecular formula is C8H4F3IN2. The number of aromatic nitrogens is 2. The number of aromatic amines is 1. The molecule has 0 aromatic carbocycles. The molecule has 0 saturated heterocycles. The lowest BCUT2D eigenvalue weighted by atomic mass is 10.2. The second-order valence-corrected chi connectivity index (χ2v) is 3.88. The van der Waals surface area contributed by atoms with Crippen molar-refractivity contribution in [3.05, 3.63) is 27.6 Å². The molecule has 0 aliphatic carbocycles. The molecule has 6 heteroatoms. The van der Waals surface area contributed by atoms with Crippen molar-refractivity contribution in [2.24, 2.45) is 0 Å². The van der Waals surface area contributed by atoms with Crippen LogP contribution in [0.3, 0.4) is 0 Å². The van der Waals surface area contributed by atoms with Gasteiger partial charge in [-0.3, -0.25) is 4.98 Å². The van der Waals surface area contributed by atoms with E-state index in [9.17, 15) is 13.2 Å². The number of hydrogen-bond acceptors (Lipinski definition) is 1. The van der Waals surface area contributed by atoms with Crippen LogP contribution in [0.4, 0.5) is 13.2 Å². The summed E-state index contributed by atoms with van der Waals surface area (Å²) in [5.74, 6) is 0. The molecule has 0 atom stereocenters.